The van der Waals surface area contributed by atoms with Crippen LogP contribution in [0, 0.1) is 0 Å². The van der Waals surface area contributed by atoms with Gasteiger partial charge >= 0.3 is 17.9 Å². The Balaban J connectivity index is 4.42. The van der Waals surface area contributed by atoms with Crippen molar-refractivity contribution < 1.29 is 28.6 Å². The van der Waals surface area contributed by atoms with E-state index in [1.165, 1.54) is 135 Å². The van der Waals surface area contributed by atoms with Crippen molar-refractivity contribution in [1.29, 1.82) is 0 Å². The predicted octanol–water partition coefficient (Wildman–Crippen LogP) is 18.4. The highest BCUT2D eigenvalue weighted by molar-refractivity contribution is 5.71. The highest BCUT2D eigenvalue weighted by Gasteiger charge is 2.19. The molecule has 0 amide bonds. The van der Waals surface area contributed by atoms with E-state index in [1.807, 2.05) is 0 Å². The molecule has 1 atom stereocenters. The van der Waals surface area contributed by atoms with Gasteiger partial charge in [0, 0.05) is 19.3 Å². The minimum Gasteiger partial charge on any atom is -0.462 e. The van der Waals surface area contributed by atoms with Crippen LogP contribution in [0.5, 0.6) is 0 Å². The summed E-state index contributed by atoms with van der Waals surface area (Å²) in [4.78, 5) is 38.1. The Morgan fingerprint density at radius 3 is 0.892 bits per heavy atom. The van der Waals surface area contributed by atoms with Crippen molar-refractivity contribution in [2.45, 2.75) is 284 Å². The number of allylic oxidation sites excluding steroid dienone is 10. The van der Waals surface area contributed by atoms with Gasteiger partial charge in [-0.05, 0) is 109 Å². The molecule has 0 aromatic rings. The maximum absolute atomic E-state index is 12.8. The topological polar surface area (TPSA) is 78.9 Å². The Morgan fingerprint density at radius 1 is 0.308 bits per heavy atom. The molecule has 0 bridgehead atoms. The molecule has 65 heavy (non-hydrogen) atoms. The number of esters is 3. The number of hydrogen-bond donors (Lipinski definition) is 0. The van der Waals surface area contributed by atoms with Crippen molar-refractivity contribution in [3.05, 3.63) is 60.8 Å². The number of carbonyl (C=O) groups excluding carboxylic acids is 3. The quantitative estimate of drug-likeness (QED) is 0.0262. The van der Waals surface area contributed by atoms with E-state index in [9.17, 15) is 14.4 Å². The van der Waals surface area contributed by atoms with Gasteiger partial charge in [0.25, 0.3) is 0 Å². The summed E-state index contributed by atoms with van der Waals surface area (Å²) in [5.74, 6) is -0.908. The molecule has 0 aliphatic carbocycles. The highest BCUT2D eigenvalue weighted by atomic mass is 16.6. The zero-order valence-electron chi connectivity index (χ0n) is 43.0. The van der Waals surface area contributed by atoms with Crippen LogP contribution < -0.4 is 0 Å². The lowest BCUT2D eigenvalue weighted by Gasteiger charge is -2.18. The summed E-state index contributed by atoms with van der Waals surface area (Å²) in [6.45, 7) is 6.57. The summed E-state index contributed by atoms with van der Waals surface area (Å²) in [5.41, 5.74) is 0. The van der Waals surface area contributed by atoms with Crippen LogP contribution in [0.3, 0.4) is 0 Å². The van der Waals surface area contributed by atoms with E-state index in [2.05, 4.69) is 81.5 Å². The zero-order valence-corrected chi connectivity index (χ0v) is 43.0. The van der Waals surface area contributed by atoms with E-state index in [1.54, 1.807) is 0 Å². The summed E-state index contributed by atoms with van der Waals surface area (Å²) in [5, 5.41) is 0. The average Bonchev–Trinajstić information content (AvgIpc) is 3.30. The fourth-order valence-corrected chi connectivity index (χ4v) is 7.73. The van der Waals surface area contributed by atoms with E-state index in [0.29, 0.717) is 19.3 Å². The summed E-state index contributed by atoms with van der Waals surface area (Å²) < 4.78 is 16.8. The van der Waals surface area contributed by atoms with Crippen LogP contribution in [0.25, 0.3) is 0 Å². The number of ether oxygens (including phenoxy) is 3. The van der Waals surface area contributed by atoms with E-state index in [-0.39, 0.29) is 31.1 Å². The van der Waals surface area contributed by atoms with Crippen molar-refractivity contribution >= 4 is 17.9 Å². The molecule has 0 radical (unpaired) electrons. The van der Waals surface area contributed by atoms with Crippen molar-refractivity contribution in [3.8, 4) is 0 Å². The molecule has 6 heteroatoms. The minimum absolute atomic E-state index is 0.0862. The molecule has 0 rings (SSSR count). The number of rotatable bonds is 50. The number of unbranched alkanes of at least 4 members (excludes halogenated alkanes) is 29. The van der Waals surface area contributed by atoms with Crippen LogP contribution in [0.4, 0.5) is 0 Å². The monoisotopic (exact) mass is 909 g/mol. The third-order valence-electron chi connectivity index (χ3n) is 12.0. The Kier molecular flexibility index (Phi) is 51.3. The van der Waals surface area contributed by atoms with Crippen LogP contribution in [0.1, 0.15) is 278 Å². The van der Waals surface area contributed by atoms with Crippen molar-refractivity contribution in [2.75, 3.05) is 13.2 Å². The number of carbonyl (C=O) groups is 3. The SMILES string of the molecule is CCCCC/C=C\C/C=C\CCCCCCCCCC(=O)OCC(COC(=O)CCCCCCC/C=C\CCCCCCCC)OC(=O)CCCCCCC/C=C\C/C=C\CCCCC. The fourth-order valence-electron chi connectivity index (χ4n) is 7.73. The molecule has 0 fully saturated rings. The van der Waals surface area contributed by atoms with Gasteiger partial charge in [-0.2, -0.15) is 0 Å². The first-order valence-electron chi connectivity index (χ1n) is 27.8. The second-order valence-corrected chi connectivity index (χ2v) is 18.5. The minimum atomic E-state index is -0.788. The van der Waals surface area contributed by atoms with Crippen LogP contribution >= 0.6 is 0 Å². The molecule has 0 saturated heterocycles. The Bertz CT molecular complexity index is 1180. The molecule has 376 valence electrons. The van der Waals surface area contributed by atoms with Gasteiger partial charge < -0.3 is 14.2 Å². The summed E-state index contributed by atoms with van der Waals surface area (Å²) >= 11 is 0. The van der Waals surface area contributed by atoms with Gasteiger partial charge in [0.2, 0.25) is 0 Å². The first-order valence-corrected chi connectivity index (χ1v) is 27.8. The average molecular weight is 909 g/mol. The normalized spacial score (nSPS) is 12.5. The largest absolute Gasteiger partial charge is 0.462 e. The van der Waals surface area contributed by atoms with Gasteiger partial charge in [0.15, 0.2) is 6.10 Å². The van der Waals surface area contributed by atoms with Gasteiger partial charge in [-0.1, -0.05) is 210 Å². The van der Waals surface area contributed by atoms with Gasteiger partial charge in [-0.15, -0.1) is 0 Å². The Morgan fingerprint density at radius 2 is 0.554 bits per heavy atom. The Hall–Kier alpha value is -2.89. The maximum Gasteiger partial charge on any atom is 0.306 e. The third-order valence-corrected chi connectivity index (χ3v) is 12.0. The van der Waals surface area contributed by atoms with Gasteiger partial charge in [-0.3, -0.25) is 14.4 Å². The molecule has 0 aromatic carbocycles. The van der Waals surface area contributed by atoms with Crippen molar-refractivity contribution in [2.24, 2.45) is 0 Å². The molecule has 6 nitrogen and oxygen atoms in total. The van der Waals surface area contributed by atoms with Crippen LogP contribution in [0.2, 0.25) is 0 Å². The molecule has 0 saturated carbocycles. The smallest absolute Gasteiger partial charge is 0.306 e. The molecule has 0 N–H and O–H groups in total. The molecular weight excluding hydrogens is 805 g/mol. The van der Waals surface area contributed by atoms with Crippen LogP contribution in [0.15, 0.2) is 60.8 Å². The van der Waals surface area contributed by atoms with Crippen molar-refractivity contribution in [3.63, 3.8) is 0 Å². The summed E-state index contributed by atoms with van der Waals surface area (Å²) in [6, 6.07) is 0. The Labute approximate surface area is 402 Å². The lowest BCUT2D eigenvalue weighted by Crippen LogP contribution is -2.30. The summed E-state index contributed by atoms with van der Waals surface area (Å²) in [7, 11) is 0. The van der Waals surface area contributed by atoms with Crippen LogP contribution in [-0.2, 0) is 28.6 Å². The standard InChI is InChI=1S/C59H104O6/c1-4-7-10-13-16-19-22-25-28-29-32-34-37-40-43-46-49-52-58(61)64-55-56(65-59(62)53-50-47-44-41-38-35-31-27-24-21-18-15-12-9-6-3)54-63-57(60)51-48-45-42-39-36-33-30-26-23-20-17-14-11-8-5-2/h16,18-19,21,25-28,30-31,56H,4-15,17,20,22-24,29,32-55H2,1-3H3/b19-16-,21-18-,28-25-,30-26-,31-27-. The first kappa shape index (κ1) is 62.1. The molecule has 1 unspecified atom stereocenters. The number of hydrogen-bond acceptors (Lipinski definition) is 6. The highest BCUT2D eigenvalue weighted by Crippen LogP contribution is 2.14. The van der Waals surface area contributed by atoms with E-state index in [4.69, 9.17) is 14.2 Å². The first-order chi connectivity index (χ1) is 32.0. The zero-order chi connectivity index (χ0) is 47.2. The van der Waals surface area contributed by atoms with Gasteiger partial charge in [0.1, 0.15) is 13.2 Å². The second-order valence-electron chi connectivity index (χ2n) is 18.5. The van der Waals surface area contributed by atoms with Gasteiger partial charge in [-0.25, -0.2) is 0 Å². The van der Waals surface area contributed by atoms with E-state index in [0.717, 1.165) is 103 Å². The third kappa shape index (κ3) is 51.9. The summed E-state index contributed by atoms with van der Waals surface area (Å²) in [6.07, 6.45) is 66.3. The molecule has 0 heterocycles. The lowest BCUT2D eigenvalue weighted by atomic mass is 10.1. The lowest BCUT2D eigenvalue weighted by molar-refractivity contribution is -0.167. The van der Waals surface area contributed by atoms with E-state index >= 15 is 0 Å². The van der Waals surface area contributed by atoms with Crippen molar-refractivity contribution in [1.82, 2.24) is 0 Å². The molecule has 0 spiro atoms. The molecule has 0 aliphatic rings. The molecule has 0 aliphatic heterocycles. The predicted molar refractivity (Wildman–Crippen MR) is 279 cm³/mol. The maximum atomic E-state index is 12.8. The fraction of sp³-hybridized carbons (Fsp3) is 0.780. The van der Waals surface area contributed by atoms with Gasteiger partial charge in [0.05, 0.1) is 0 Å². The second kappa shape index (κ2) is 53.7. The molecule has 0 aromatic heterocycles. The molecular formula is C59H104O6. The van der Waals surface area contributed by atoms with Crippen LogP contribution in [-0.4, -0.2) is 37.2 Å². The van der Waals surface area contributed by atoms with E-state index < -0.39 is 6.10 Å².